The maximum Gasteiger partial charge on any atom is 0.360 e. The Morgan fingerprint density at radius 1 is 1.29 bits per heavy atom. The zero-order chi connectivity index (χ0) is 16.8. The molecule has 0 unspecified atom stereocenters. The molecular weight excluding hydrogens is 324 g/mol. The van der Waals surface area contributed by atoms with Gasteiger partial charge in [-0.25, -0.2) is 9.78 Å². The summed E-state index contributed by atoms with van der Waals surface area (Å²) in [5, 5.41) is 0.912. The van der Waals surface area contributed by atoms with Crippen LogP contribution in [0, 0.1) is 0 Å². The lowest BCUT2D eigenvalue weighted by Gasteiger charge is -2.32. The molecule has 2 heterocycles. The lowest BCUT2D eigenvalue weighted by atomic mass is 10.1. The monoisotopic (exact) mass is 346 g/mol. The van der Waals surface area contributed by atoms with E-state index in [1.165, 1.54) is 16.9 Å². The predicted molar refractivity (Wildman–Crippen MR) is 94.5 cm³/mol. The molecule has 5 nitrogen and oxygen atoms in total. The summed E-state index contributed by atoms with van der Waals surface area (Å²) in [6, 6.07) is 10.2. The van der Waals surface area contributed by atoms with Crippen molar-refractivity contribution in [2.45, 2.75) is 32.5 Å². The molecule has 128 valence electrons. The minimum absolute atomic E-state index is 0.264. The van der Waals surface area contributed by atoms with Crippen LogP contribution in [0.2, 0.25) is 0 Å². The van der Waals surface area contributed by atoms with E-state index in [0.29, 0.717) is 18.9 Å². The molecule has 6 heteroatoms. The number of rotatable bonds is 6. The van der Waals surface area contributed by atoms with Crippen LogP contribution >= 0.6 is 11.3 Å². The molecule has 1 saturated heterocycles. The van der Waals surface area contributed by atoms with E-state index in [4.69, 9.17) is 9.47 Å². The van der Waals surface area contributed by atoms with Gasteiger partial charge in [-0.2, -0.15) is 0 Å². The maximum atomic E-state index is 12.0. The number of carbonyl (C=O) groups is 1. The molecule has 0 N–H and O–H groups in total. The van der Waals surface area contributed by atoms with Crippen molar-refractivity contribution in [3.05, 3.63) is 47.1 Å². The molecule has 3 rings (SSSR count). The van der Waals surface area contributed by atoms with E-state index in [1.807, 2.05) is 18.2 Å². The van der Waals surface area contributed by atoms with Gasteiger partial charge in [-0.05, 0) is 25.3 Å². The van der Waals surface area contributed by atoms with Crippen LogP contribution in [0.5, 0.6) is 0 Å². The first-order valence-electron chi connectivity index (χ1n) is 8.29. The van der Waals surface area contributed by atoms with E-state index in [2.05, 4.69) is 22.0 Å². The zero-order valence-corrected chi connectivity index (χ0v) is 14.6. The van der Waals surface area contributed by atoms with Crippen molar-refractivity contribution in [3.63, 3.8) is 0 Å². The molecule has 0 spiro atoms. The highest BCUT2D eigenvalue weighted by molar-refractivity contribution is 7.14. The number of hydrogen-bond donors (Lipinski definition) is 0. The fourth-order valence-electron chi connectivity index (χ4n) is 2.82. The molecule has 1 aromatic carbocycles. The average Bonchev–Trinajstić information content (AvgIpc) is 3.11. The molecular formula is C18H22N2O3S. The maximum absolute atomic E-state index is 12.0. The van der Waals surface area contributed by atoms with Gasteiger partial charge >= 0.3 is 5.97 Å². The first-order valence-corrected chi connectivity index (χ1v) is 9.17. The van der Waals surface area contributed by atoms with E-state index < -0.39 is 0 Å². The van der Waals surface area contributed by atoms with E-state index in [0.717, 1.165) is 30.9 Å². The molecule has 1 fully saturated rings. The van der Waals surface area contributed by atoms with Crippen LogP contribution in [0.1, 0.15) is 35.8 Å². The third kappa shape index (κ3) is 4.13. The van der Waals surface area contributed by atoms with E-state index in [1.54, 1.807) is 12.4 Å². The van der Waals surface area contributed by atoms with Crippen molar-refractivity contribution in [2.24, 2.45) is 0 Å². The lowest BCUT2D eigenvalue weighted by Crippen LogP contribution is -2.37. The predicted octanol–water partition coefficient (Wildman–Crippen LogP) is 3.51. The minimum Gasteiger partial charge on any atom is -0.461 e. The first-order chi connectivity index (χ1) is 11.8. The van der Waals surface area contributed by atoms with Crippen molar-refractivity contribution in [1.82, 2.24) is 4.98 Å². The summed E-state index contributed by atoms with van der Waals surface area (Å²) in [5.41, 5.74) is 3.34. The van der Waals surface area contributed by atoms with Gasteiger partial charge in [0.25, 0.3) is 0 Å². The van der Waals surface area contributed by atoms with Gasteiger partial charge in [-0.15, -0.1) is 11.3 Å². The third-order valence-corrected chi connectivity index (χ3v) is 4.96. The molecule has 0 bridgehead atoms. The Morgan fingerprint density at radius 3 is 2.75 bits per heavy atom. The highest BCUT2D eigenvalue weighted by Crippen LogP contribution is 2.29. The summed E-state index contributed by atoms with van der Waals surface area (Å²) >= 11 is 1.49. The zero-order valence-electron chi connectivity index (χ0n) is 13.8. The Bertz CT molecular complexity index is 651. The van der Waals surface area contributed by atoms with Crippen molar-refractivity contribution in [3.8, 4) is 0 Å². The van der Waals surface area contributed by atoms with Crippen LogP contribution in [0.3, 0.4) is 0 Å². The summed E-state index contributed by atoms with van der Waals surface area (Å²) in [7, 11) is 0. The number of anilines is 1. The topological polar surface area (TPSA) is 51.7 Å². The molecule has 0 aliphatic carbocycles. The average molecular weight is 346 g/mol. The van der Waals surface area contributed by atoms with Gasteiger partial charge in [-0.1, -0.05) is 30.3 Å². The van der Waals surface area contributed by atoms with Gasteiger partial charge < -0.3 is 14.4 Å². The SMILES string of the molecule is CCOC(=O)c1ncsc1N1CCC(OCc2ccccc2)CC1. The Labute approximate surface area is 146 Å². The molecule has 0 saturated carbocycles. The molecule has 24 heavy (non-hydrogen) atoms. The largest absolute Gasteiger partial charge is 0.461 e. The Hall–Kier alpha value is -1.92. The van der Waals surface area contributed by atoms with E-state index in [9.17, 15) is 4.79 Å². The molecule has 1 aromatic heterocycles. The molecule has 2 aromatic rings. The smallest absolute Gasteiger partial charge is 0.360 e. The van der Waals surface area contributed by atoms with Crippen molar-refractivity contribution < 1.29 is 14.3 Å². The molecule has 1 aliphatic heterocycles. The van der Waals surface area contributed by atoms with Gasteiger partial charge in [0.1, 0.15) is 5.00 Å². The highest BCUT2D eigenvalue weighted by atomic mass is 32.1. The fraction of sp³-hybridized carbons (Fsp3) is 0.444. The van der Waals surface area contributed by atoms with Gasteiger partial charge in [0.2, 0.25) is 0 Å². The fourth-order valence-corrected chi connectivity index (χ4v) is 3.65. The Balaban J connectivity index is 1.52. The quantitative estimate of drug-likeness (QED) is 0.749. The van der Waals surface area contributed by atoms with E-state index >= 15 is 0 Å². The van der Waals surface area contributed by atoms with Crippen molar-refractivity contribution in [1.29, 1.82) is 0 Å². The number of esters is 1. The number of ether oxygens (including phenoxy) is 2. The lowest BCUT2D eigenvalue weighted by molar-refractivity contribution is 0.0251. The third-order valence-electron chi connectivity index (χ3n) is 4.08. The second-order valence-electron chi connectivity index (χ2n) is 5.71. The number of thiazole rings is 1. The van der Waals surface area contributed by atoms with Crippen molar-refractivity contribution >= 4 is 22.3 Å². The number of aromatic nitrogens is 1. The minimum atomic E-state index is -0.337. The second-order valence-corrected chi connectivity index (χ2v) is 6.54. The first kappa shape index (κ1) is 16.9. The summed E-state index contributed by atoms with van der Waals surface area (Å²) in [5.74, 6) is -0.337. The number of benzene rings is 1. The molecule has 0 atom stereocenters. The number of piperidine rings is 1. The second kappa shape index (κ2) is 8.26. The van der Waals surface area contributed by atoms with Crippen LogP contribution in [0.15, 0.2) is 35.8 Å². The summed E-state index contributed by atoms with van der Waals surface area (Å²) < 4.78 is 11.1. The summed E-state index contributed by atoms with van der Waals surface area (Å²) in [6.45, 7) is 4.56. The summed E-state index contributed by atoms with van der Waals surface area (Å²) in [4.78, 5) is 18.4. The van der Waals surface area contributed by atoms with Crippen LogP contribution in [-0.4, -0.2) is 36.8 Å². The number of hydrogen-bond acceptors (Lipinski definition) is 6. The molecule has 0 amide bonds. The van der Waals surface area contributed by atoms with Gasteiger partial charge in [-0.3, -0.25) is 0 Å². The number of carbonyl (C=O) groups excluding carboxylic acids is 1. The standard InChI is InChI=1S/C18H22N2O3S/c1-2-22-18(21)16-17(24-13-19-16)20-10-8-15(9-11-20)23-12-14-6-4-3-5-7-14/h3-7,13,15H,2,8-12H2,1H3. The molecule has 1 aliphatic rings. The number of nitrogens with zero attached hydrogens (tertiary/aromatic N) is 2. The van der Waals surface area contributed by atoms with E-state index in [-0.39, 0.29) is 12.1 Å². The Kier molecular flexibility index (Phi) is 5.82. The highest BCUT2D eigenvalue weighted by Gasteiger charge is 2.25. The normalized spacial score (nSPS) is 15.5. The van der Waals surface area contributed by atoms with Gasteiger partial charge in [0, 0.05) is 13.1 Å². The van der Waals surface area contributed by atoms with Crippen LogP contribution in [0.4, 0.5) is 5.00 Å². The van der Waals surface area contributed by atoms with Crippen LogP contribution in [0.25, 0.3) is 0 Å². The molecule has 0 radical (unpaired) electrons. The van der Waals surface area contributed by atoms with Crippen LogP contribution in [-0.2, 0) is 16.1 Å². The van der Waals surface area contributed by atoms with Crippen LogP contribution < -0.4 is 4.90 Å². The van der Waals surface area contributed by atoms with Gasteiger partial charge in [0.05, 0.1) is 24.8 Å². The van der Waals surface area contributed by atoms with Crippen molar-refractivity contribution in [2.75, 3.05) is 24.6 Å². The van der Waals surface area contributed by atoms with Gasteiger partial charge in [0.15, 0.2) is 5.69 Å². The summed E-state index contributed by atoms with van der Waals surface area (Å²) in [6.07, 6.45) is 2.17. The Morgan fingerprint density at radius 2 is 2.04 bits per heavy atom.